The number of morpholine rings is 1. The van der Waals surface area contributed by atoms with E-state index >= 15 is 0 Å². The molecule has 0 aliphatic carbocycles. The van der Waals surface area contributed by atoms with E-state index in [1.807, 2.05) is 0 Å². The van der Waals surface area contributed by atoms with Gasteiger partial charge in [-0.1, -0.05) is 6.07 Å². The lowest BCUT2D eigenvalue weighted by Gasteiger charge is -2.26. The lowest BCUT2D eigenvalue weighted by molar-refractivity contribution is -0.383. The van der Waals surface area contributed by atoms with E-state index in [9.17, 15) is 14.9 Å². The monoisotopic (exact) mass is 469 g/mol. The largest absolute Gasteiger partial charge is 0.497 e. The van der Waals surface area contributed by atoms with Gasteiger partial charge in [0.2, 0.25) is 5.91 Å². The standard InChI is InChI=1S/C23H27N5O6/c1-32-18-12-17(13-19(14-18)34-9-3-6-26-7-10-33-11-8-26)25-22(29)15-27-16-24-20-4-2-5-21(23(20)27)28(30)31/h2,4-5,12-14,16H,3,6-11,15H2,1H3,(H,25,29). The highest BCUT2D eigenvalue weighted by Crippen LogP contribution is 2.27. The smallest absolute Gasteiger partial charge is 0.295 e. The number of amides is 1. The molecule has 1 aromatic heterocycles. The molecule has 4 rings (SSSR count). The van der Waals surface area contributed by atoms with E-state index in [-0.39, 0.29) is 18.1 Å². The normalized spacial score (nSPS) is 14.1. The molecule has 1 amide bonds. The maximum atomic E-state index is 12.7. The van der Waals surface area contributed by atoms with Crippen molar-refractivity contribution in [1.82, 2.24) is 14.5 Å². The van der Waals surface area contributed by atoms with E-state index in [2.05, 4.69) is 15.2 Å². The molecule has 0 atom stereocenters. The van der Waals surface area contributed by atoms with E-state index in [1.54, 1.807) is 37.4 Å². The first-order valence-corrected chi connectivity index (χ1v) is 11.0. The second kappa shape index (κ2) is 10.9. The van der Waals surface area contributed by atoms with Gasteiger partial charge in [-0.3, -0.25) is 19.8 Å². The molecule has 1 N–H and O–H groups in total. The number of fused-ring (bicyclic) bond motifs is 1. The summed E-state index contributed by atoms with van der Waals surface area (Å²) in [5, 5.41) is 14.2. The molecule has 0 radical (unpaired) electrons. The van der Waals surface area contributed by atoms with Crippen molar-refractivity contribution in [2.75, 3.05) is 51.9 Å². The van der Waals surface area contributed by atoms with Crippen LogP contribution in [-0.2, 0) is 16.1 Å². The number of aromatic nitrogens is 2. The van der Waals surface area contributed by atoms with Gasteiger partial charge in [0.15, 0.2) is 0 Å². The Morgan fingerprint density at radius 3 is 2.79 bits per heavy atom. The third kappa shape index (κ3) is 5.80. The number of methoxy groups -OCH3 is 1. The average molecular weight is 469 g/mol. The fourth-order valence-electron chi connectivity index (χ4n) is 3.88. The molecular weight excluding hydrogens is 442 g/mol. The summed E-state index contributed by atoms with van der Waals surface area (Å²) in [6, 6.07) is 9.80. The lowest BCUT2D eigenvalue weighted by Crippen LogP contribution is -2.37. The summed E-state index contributed by atoms with van der Waals surface area (Å²) < 4.78 is 18.1. The minimum Gasteiger partial charge on any atom is -0.497 e. The maximum Gasteiger partial charge on any atom is 0.295 e. The predicted molar refractivity (Wildman–Crippen MR) is 125 cm³/mol. The number of hydrogen-bond acceptors (Lipinski definition) is 8. The first-order chi connectivity index (χ1) is 16.5. The summed E-state index contributed by atoms with van der Waals surface area (Å²) in [5.41, 5.74) is 1.16. The number of benzene rings is 2. The number of para-hydroxylation sites is 1. The highest BCUT2D eigenvalue weighted by molar-refractivity contribution is 5.93. The number of rotatable bonds is 10. The summed E-state index contributed by atoms with van der Waals surface area (Å²) >= 11 is 0. The zero-order valence-electron chi connectivity index (χ0n) is 18.9. The molecule has 1 fully saturated rings. The van der Waals surface area contributed by atoms with Gasteiger partial charge in [-0.05, 0) is 12.5 Å². The molecule has 1 saturated heterocycles. The number of nitrogens with zero attached hydrogens (tertiary/aromatic N) is 4. The number of non-ortho nitro benzene ring substituents is 1. The van der Waals surface area contributed by atoms with E-state index in [0.717, 1.165) is 39.3 Å². The first-order valence-electron chi connectivity index (χ1n) is 11.0. The van der Waals surface area contributed by atoms with Gasteiger partial charge in [0.25, 0.3) is 5.69 Å². The lowest BCUT2D eigenvalue weighted by atomic mass is 10.2. The molecular formula is C23H27N5O6. The van der Waals surface area contributed by atoms with Crippen LogP contribution in [-0.4, -0.2) is 71.8 Å². The second-order valence-corrected chi connectivity index (χ2v) is 7.88. The fourth-order valence-corrected chi connectivity index (χ4v) is 3.88. The van der Waals surface area contributed by atoms with Crippen molar-refractivity contribution in [2.24, 2.45) is 0 Å². The minimum atomic E-state index is -0.483. The maximum absolute atomic E-state index is 12.7. The quantitative estimate of drug-likeness (QED) is 0.273. The topological polar surface area (TPSA) is 121 Å². The number of nitrogens with one attached hydrogen (secondary N) is 1. The van der Waals surface area contributed by atoms with Gasteiger partial charge in [0.05, 0.1) is 43.7 Å². The Bertz CT molecular complexity index is 1160. The third-order valence-electron chi connectivity index (χ3n) is 5.52. The number of carbonyl (C=O) groups excluding carboxylic acids is 1. The molecule has 3 aromatic rings. The van der Waals surface area contributed by atoms with Crippen LogP contribution < -0.4 is 14.8 Å². The molecule has 11 heteroatoms. The second-order valence-electron chi connectivity index (χ2n) is 7.88. The summed E-state index contributed by atoms with van der Waals surface area (Å²) in [6.07, 6.45) is 2.29. The summed E-state index contributed by atoms with van der Waals surface area (Å²) in [6.45, 7) is 4.73. The Morgan fingerprint density at radius 2 is 2.03 bits per heavy atom. The van der Waals surface area contributed by atoms with Crippen LogP contribution in [0.25, 0.3) is 11.0 Å². The fraction of sp³-hybridized carbons (Fsp3) is 0.391. The van der Waals surface area contributed by atoms with Crippen LogP contribution in [0.2, 0.25) is 0 Å². The van der Waals surface area contributed by atoms with Crippen LogP contribution in [0.4, 0.5) is 11.4 Å². The molecule has 11 nitrogen and oxygen atoms in total. The van der Waals surface area contributed by atoms with E-state index < -0.39 is 4.92 Å². The van der Waals surface area contributed by atoms with Crippen molar-refractivity contribution in [3.63, 3.8) is 0 Å². The first kappa shape index (κ1) is 23.5. The Balaban J connectivity index is 1.38. The molecule has 180 valence electrons. The van der Waals surface area contributed by atoms with Crippen molar-refractivity contribution in [3.05, 3.63) is 52.8 Å². The van der Waals surface area contributed by atoms with Gasteiger partial charge in [0.1, 0.15) is 23.6 Å². The van der Waals surface area contributed by atoms with Crippen LogP contribution in [0, 0.1) is 10.1 Å². The highest BCUT2D eigenvalue weighted by atomic mass is 16.6. The SMILES string of the molecule is COc1cc(NC(=O)Cn2cnc3cccc([N+](=O)[O-])c32)cc(OCCCN2CCOCC2)c1. The molecule has 1 aliphatic rings. The zero-order valence-corrected chi connectivity index (χ0v) is 18.9. The number of anilines is 1. The highest BCUT2D eigenvalue weighted by Gasteiger charge is 2.18. The van der Waals surface area contributed by atoms with Gasteiger partial charge < -0.3 is 24.1 Å². The summed E-state index contributed by atoms with van der Waals surface area (Å²) in [4.78, 5) is 30.1. The van der Waals surface area contributed by atoms with Gasteiger partial charge in [-0.15, -0.1) is 0 Å². The molecule has 1 aliphatic heterocycles. The molecule has 0 unspecified atom stereocenters. The van der Waals surface area contributed by atoms with Crippen LogP contribution in [0.5, 0.6) is 11.5 Å². The van der Waals surface area contributed by atoms with E-state index in [0.29, 0.717) is 34.8 Å². The Kier molecular flexibility index (Phi) is 7.55. The average Bonchev–Trinajstić information content (AvgIpc) is 3.25. The molecule has 2 aromatic carbocycles. The molecule has 0 spiro atoms. The number of carbonyl (C=O) groups is 1. The summed E-state index contributed by atoms with van der Waals surface area (Å²) in [5.74, 6) is 0.772. The van der Waals surface area contributed by atoms with Gasteiger partial charge >= 0.3 is 0 Å². The number of imidazole rings is 1. The molecule has 0 saturated carbocycles. The van der Waals surface area contributed by atoms with Gasteiger partial charge in [-0.25, -0.2) is 4.98 Å². The number of nitro benzene ring substituents is 1. The van der Waals surface area contributed by atoms with Crippen molar-refractivity contribution in [3.8, 4) is 11.5 Å². The van der Waals surface area contributed by atoms with Crippen LogP contribution in [0.15, 0.2) is 42.7 Å². The minimum absolute atomic E-state index is 0.100. The third-order valence-corrected chi connectivity index (χ3v) is 5.52. The van der Waals surface area contributed by atoms with Crippen LogP contribution in [0.3, 0.4) is 0 Å². The Hall–Kier alpha value is -3.70. The Morgan fingerprint density at radius 1 is 1.24 bits per heavy atom. The zero-order chi connectivity index (χ0) is 23.9. The molecule has 34 heavy (non-hydrogen) atoms. The van der Waals surface area contributed by atoms with Crippen LogP contribution >= 0.6 is 0 Å². The van der Waals surface area contributed by atoms with Crippen LogP contribution in [0.1, 0.15) is 6.42 Å². The van der Waals surface area contributed by atoms with Gasteiger partial charge in [-0.2, -0.15) is 0 Å². The van der Waals surface area contributed by atoms with E-state index in [1.165, 1.54) is 17.0 Å². The van der Waals surface area contributed by atoms with E-state index in [4.69, 9.17) is 14.2 Å². The van der Waals surface area contributed by atoms with Crippen molar-refractivity contribution < 1.29 is 23.9 Å². The van der Waals surface area contributed by atoms with Crippen molar-refractivity contribution in [1.29, 1.82) is 0 Å². The van der Waals surface area contributed by atoms with Gasteiger partial charge in [0, 0.05) is 49.6 Å². The molecule has 2 heterocycles. The number of nitro groups is 1. The Labute approximate surface area is 196 Å². The van der Waals surface area contributed by atoms with Crippen molar-refractivity contribution >= 4 is 28.3 Å². The van der Waals surface area contributed by atoms with Crippen molar-refractivity contribution in [2.45, 2.75) is 13.0 Å². The number of ether oxygens (including phenoxy) is 3. The molecule has 0 bridgehead atoms. The number of hydrogen-bond donors (Lipinski definition) is 1. The predicted octanol–water partition coefficient (Wildman–Crippen LogP) is 2.69. The summed E-state index contributed by atoms with van der Waals surface area (Å²) in [7, 11) is 1.54.